The standard InChI is InChI=1S/C14H20ClNO3/c1-18-12-6-11(9-17)16(8-12)7-10-3-4-14(19-2)13(15)5-10/h3-5,11-12,17H,6-9H2,1-2H3/t11-,12-/m0/s1. The van der Waals surface area contributed by atoms with E-state index in [4.69, 9.17) is 21.1 Å². The van der Waals surface area contributed by atoms with E-state index in [2.05, 4.69) is 4.90 Å². The Morgan fingerprint density at radius 2 is 2.21 bits per heavy atom. The molecule has 1 saturated heterocycles. The lowest BCUT2D eigenvalue weighted by Crippen LogP contribution is -2.31. The molecule has 0 aromatic heterocycles. The van der Waals surface area contributed by atoms with E-state index in [0.717, 1.165) is 25.1 Å². The third-order valence-electron chi connectivity index (χ3n) is 3.64. The molecule has 0 saturated carbocycles. The number of likely N-dealkylation sites (tertiary alicyclic amines) is 1. The van der Waals surface area contributed by atoms with Crippen molar-refractivity contribution in [2.45, 2.75) is 25.1 Å². The summed E-state index contributed by atoms with van der Waals surface area (Å²) in [4.78, 5) is 2.23. The van der Waals surface area contributed by atoms with E-state index < -0.39 is 0 Å². The van der Waals surface area contributed by atoms with Gasteiger partial charge in [-0.25, -0.2) is 0 Å². The number of hydrogen-bond donors (Lipinski definition) is 1. The Morgan fingerprint density at radius 1 is 1.42 bits per heavy atom. The van der Waals surface area contributed by atoms with Gasteiger partial charge in [-0.05, 0) is 24.1 Å². The van der Waals surface area contributed by atoms with Crippen LogP contribution in [-0.2, 0) is 11.3 Å². The smallest absolute Gasteiger partial charge is 0.137 e. The van der Waals surface area contributed by atoms with Crippen LogP contribution in [0.25, 0.3) is 0 Å². The first-order valence-electron chi connectivity index (χ1n) is 6.38. The summed E-state index contributed by atoms with van der Waals surface area (Å²) in [6.45, 7) is 1.75. The minimum absolute atomic E-state index is 0.156. The number of nitrogens with zero attached hydrogens (tertiary/aromatic N) is 1. The molecular formula is C14H20ClNO3. The third-order valence-corrected chi connectivity index (χ3v) is 3.93. The van der Waals surface area contributed by atoms with Crippen LogP contribution in [0.2, 0.25) is 5.02 Å². The number of benzene rings is 1. The van der Waals surface area contributed by atoms with Crippen molar-refractivity contribution in [1.29, 1.82) is 0 Å². The molecule has 1 heterocycles. The van der Waals surface area contributed by atoms with Crippen molar-refractivity contribution < 1.29 is 14.6 Å². The Bertz CT molecular complexity index is 427. The van der Waals surface area contributed by atoms with Crippen LogP contribution in [0, 0.1) is 0 Å². The highest BCUT2D eigenvalue weighted by atomic mass is 35.5. The van der Waals surface area contributed by atoms with Crippen LogP contribution in [0.15, 0.2) is 18.2 Å². The fraction of sp³-hybridized carbons (Fsp3) is 0.571. The Kier molecular flexibility index (Phi) is 5.05. The van der Waals surface area contributed by atoms with Gasteiger partial charge in [0.05, 0.1) is 24.8 Å². The zero-order valence-electron chi connectivity index (χ0n) is 11.3. The van der Waals surface area contributed by atoms with E-state index in [9.17, 15) is 5.11 Å². The minimum Gasteiger partial charge on any atom is -0.495 e. The lowest BCUT2D eigenvalue weighted by Gasteiger charge is -2.22. The molecule has 5 heteroatoms. The molecule has 4 nitrogen and oxygen atoms in total. The highest BCUT2D eigenvalue weighted by Crippen LogP contribution is 2.27. The Labute approximate surface area is 118 Å². The lowest BCUT2D eigenvalue weighted by molar-refractivity contribution is 0.107. The van der Waals surface area contributed by atoms with Crippen molar-refractivity contribution in [3.63, 3.8) is 0 Å². The summed E-state index contributed by atoms with van der Waals surface area (Å²) in [6, 6.07) is 5.94. The summed E-state index contributed by atoms with van der Waals surface area (Å²) in [5.74, 6) is 0.681. The van der Waals surface area contributed by atoms with Gasteiger partial charge in [-0.2, -0.15) is 0 Å². The maximum atomic E-state index is 9.42. The molecule has 1 aliphatic heterocycles. The number of aliphatic hydroxyl groups is 1. The van der Waals surface area contributed by atoms with E-state index in [1.807, 2.05) is 18.2 Å². The van der Waals surface area contributed by atoms with E-state index in [1.165, 1.54) is 0 Å². The summed E-state index contributed by atoms with van der Waals surface area (Å²) >= 11 is 6.12. The number of ether oxygens (including phenoxy) is 2. The quantitative estimate of drug-likeness (QED) is 0.898. The molecule has 1 fully saturated rings. The van der Waals surface area contributed by atoms with Gasteiger partial charge >= 0.3 is 0 Å². The van der Waals surface area contributed by atoms with Crippen molar-refractivity contribution in [1.82, 2.24) is 4.90 Å². The first-order chi connectivity index (χ1) is 9.17. The van der Waals surface area contributed by atoms with Gasteiger partial charge in [0.15, 0.2) is 0 Å². The first kappa shape index (κ1) is 14.6. The summed E-state index contributed by atoms with van der Waals surface area (Å²) in [7, 11) is 3.32. The van der Waals surface area contributed by atoms with Gasteiger partial charge in [-0.15, -0.1) is 0 Å². The Morgan fingerprint density at radius 3 is 2.79 bits per heavy atom. The molecule has 0 spiro atoms. The largest absolute Gasteiger partial charge is 0.495 e. The second kappa shape index (κ2) is 6.57. The van der Waals surface area contributed by atoms with Gasteiger partial charge in [0.25, 0.3) is 0 Å². The molecule has 19 heavy (non-hydrogen) atoms. The molecule has 0 amide bonds. The number of halogens is 1. The fourth-order valence-corrected chi connectivity index (χ4v) is 2.82. The third kappa shape index (κ3) is 3.39. The molecular weight excluding hydrogens is 266 g/mol. The van der Waals surface area contributed by atoms with Crippen LogP contribution in [0.1, 0.15) is 12.0 Å². The van der Waals surface area contributed by atoms with Crippen LogP contribution in [0.3, 0.4) is 0 Å². The van der Waals surface area contributed by atoms with Gasteiger partial charge in [-0.3, -0.25) is 4.90 Å². The maximum Gasteiger partial charge on any atom is 0.137 e. The molecule has 106 valence electrons. The van der Waals surface area contributed by atoms with Gasteiger partial charge < -0.3 is 14.6 Å². The number of aliphatic hydroxyl groups excluding tert-OH is 1. The molecule has 0 unspecified atom stereocenters. The van der Waals surface area contributed by atoms with E-state index in [0.29, 0.717) is 10.8 Å². The summed E-state index contributed by atoms with van der Waals surface area (Å²) < 4.78 is 10.5. The van der Waals surface area contributed by atoms with Crippen molar-refractivity contribution in [3.8, 4) is 5.75 Å². The van der Waals surface area contributed by atoms with Crippen molar-refractivity contribution in [2.75, 3.05) is 27.4 Å². The molecule has 1 N–H and O–H groups in total. The molecule has 2 rings (SSSR count). The number of rotatable bonds is 5. The molecule has 1 aromatic carbocycles. The number of hydrogen-bond acceptors (Lipinski definition) is 4. The van der Waals surface area contributed by atoms with Crippen LogP contribution >= 0.6 is 11.6 Å². The molecule has 2 atom stereocenters. The average Bonchev–Trinajstić information content (AvgIpc) is 2.81. The van der Waals surface area contributed by atoms with Crippen LogP contribution in [-0.4, -0.2) is 49.5 Å². The SMILES string of the molecule is COc1ccc(CN2C[C@@H](OC)C[C@H]2CO)cc1Cl. The van der Waals surface area contributed by atoms with Crippen molar-refractivity contribution >= 4 is 11.6 Å². The first-order valence-corrected chi connectivity index (χ1v) is 6.75. The summed E-state index contributed by atoms with van der Waals surface area (Å²) in [5, 5.41) is 10.0. The van der Waals surface area contributed by atoms with Crippen molar-refractivity contribution in [3.05, 3.63) is 28.8 Å². The topological polar surface area (TPSA) is 41.9 Å². The normalized spacial score (nSPS) is 23.8. The number of methoxy groups -OCH3 is 2. The zero-order valence-corrected chi connectivity index (χ0v) is 12.1. The highest BCUT2D eigenvalue weighted by molar-refractivity contribution is 6.32. The maximum absolute atomic E-state index is 9.42. The predicted octanol–water partition coefficient (Wildman–Crippen LogP) is 1.93. The van der Waals surface area contributed by atoms with Gasteiger partial charge in [0.2, 0.25) is 0 Å². The highest BCUT2D eigenvalue weighted by Gasteiger charge is 2.31. The summed E-state index contributed by atoms with van der Waals surface area (Å²) in [6.07, 6.45) is 1.07. The van der Waals surface area contributed by atoms with E-state index >= 15 is 0 Å². The molecule has 1 aliphatic rings. The average molecular weight is 286 g/mol. The van der Waals surface area contributed by atoms with E-state index in [-0.39, 0.29) is 18.8 Å². The van der Waals surface area contributed by atoms with Crippen molar-refractivity contribution in [2.24, 2.45) is 0 Å². The lowest BCUT2D eigenvalue weighted by atomic mass is 10.2. The Balaban J connectivity index is 2.06. The second-order valence-electron chi connectivity index (χ2n) is 4.83. The summed E-state index contributed by atoms with van der Waals surface area (Å²) in [5.41, 5.74) is 1.11. The van der Waals surface area contributed by atoms with Crippen LogP contribution < -0.4 is 4.74 Å². The second-order valence-corrected chi connectivity index (χ2v) is 5.24. The van der Waals surface area contributed by atoms with Gasteiger partial charge in [0, 0.05) is 26.2 Å². The monoisotopic (exact) mass is 285 g/mol. The molecule has 1 aromatic rings. The fourth-order valence-electron chi connectivity index (χ4n) is 2.53. The Hall–Kier alpha value is -0.810. The molecule has 0 radical (unpaired) electrons. The van der Waals surface area contributed by atoms with Crippen LogP contribution in [0.4, 0.5) is 0 Å². The van der Waals surface area contributed by atoms with Gasteiger partial charge in [-0.1, -0.05) is 17.7 Å². The van der Waals surface area contributed by atoms with E-state index in [1.54, 1.807) is 14.2 Å². The van der Waals surface area contributed by atoms with Gasteiger partial charge in [0.1, 0.15) is 5.75 Å². The predicted molar refractivity (Wildman–Crippen MR) is 74.7 cm³/mol. The molecule has 0 aliphatic carbocycles. The zero-order chi connectivity index (χ0) is 13.8. The van der Waals surface area contributed by atoms with Crippen LogP contribution in [0.5, 0.6) is 5.75 Å². The molecule has 0 bridgehead atoms. The minimum atomic E-state index is 0.156.